The van der Waals surface area contributed by atoms with Gasteiger partial charge in [0.15, 0.2) is 6.10 Å². The van der Waals surface area contributed by atoms with Crippen molar-refractivity contribution in [1.29, 1.82) is 5.26 Å². The van der Waals surface area contributed by atoms with Gasteiger partial charge in [-0.1, -0.05) is 18.2 Å². The highest BCUT2D eigenvalue weighted by Gasteiger charge is 2.08. The molecule has 3 nitrogen and oxygen atoms in total. The van der Waals surface area contributed by atoms with E-state index in [4.69, 9.17) is 15.5 Å². The number of hydrogen-bond acceptors (Lipinski definition) is 3. The third-order valence-corrected chi connectivity index (χ3v) is 1.35. The Labute approximate surface area is 64.1 Å². The summed E-state index contributed by atoms with van der Waals surface area (Å²) in [6, 6.07) is 7.82. The molecule has 1 atom stereocenters. The highest BCUT2D eigenvalue weighted by atomic mass is 16.3. The van der Waals surface area contributed by atoms with Crippen molar-refractivity contribution in [3.05, 3.63) is 29.8 Å². The van der Waals surface area contributed by atoms with Crippen molar-refractivity contribution in [2.45, 2.75) is 6.10 Å². The zero-order chi connectivity index (χ0) is 8.27. The molecule has 0 radical (unpaired) electrons. The summed E-state index contributed by atoms with van der Waals surface area (Å²) in [7, 11) is 0. The Morgan fingerprint density at radius 2 is 2.00 bits per heavy atom. The third kappa shape index (κ3) is 1.48. The second-order valence-corrected chi connectivity index (χ2v) is 2.09. The van der Waals surface area contributed by atoms with Crippen LogP contribution in [0.3, 0.4) is 0 Å². The molecule has 11 heavy (non-hydrogen) atoms. The predicted molar refractivity (Wildman–Crippen MR) is 38.7 cm³/mol. The van der Waals surface area contributed by atoms with Crippen molar-refractivity contribution < 1.29 is 10.2 Å². The fourth-order valence-corrected chi connectivity index (χ4v) is 0.788. The number of nitrogens with zero attached hydrogens (tertiary/aromatic N) is 1. The third-order valence-electron chi connectivity index (χ3n) is 1.35. The van der Waals surface area contributed by atoms with Crippen LogP contribution in [-0.2, 0) is 0 Å². The SMILES string of the molecule is N#C[C@H](O)c1ccccc1O. The number of aliphatic hydroxyl groups is 1. The Balaban J connectivity index is 3.05. The van der Waals surface area contributed by atoms with E-state index in [0.29, 0.717) is 0 Å². The number of rotatable bonds is 1. The average Bonchev–Trinajstić information content (AvgIpc) is 2.04. The topological polar surface area (TPSA) is 64.2 Å². The van der Waals surface area contributed by atoms with Gasteiger partial charge in [0.1, 0.15) is 5.75 Å². The van der Waals surface area contributed by atoms with Crippen molar-refractivity contribution in [2.75, 3.05) is 0 Å². The largest absolute Gasteiger partial charge is 0.508 e. The van der Waals surface area contributed by atoms with Gasteiger partial charge < -0.3 is 10.2 Å². The first-order valence-corrected chi connectivity index (χ1v) is 3.11. The van der Waals surface area contributed by atoms with Gasteiger partial charge in [0.2, 0.25) is 0 Å². The Morgan fingerprint density at radius 1 is 1.36 bits per heavy atom. The molecule has 0 fully saturated rings. The zero-order valence-electron chi connectivity index (χ0n) is 5.73. The number of phenolic OH excluding ortho intramolecular Hbond substituents is 1. The minimum Gasteiger partial charge on any atom is -0.508 e. The molecule has 0 saturated carbocycles. The molecule has 1 rings (SSSR count). The van der Waals surface area contributed by atoms with Gasteiger partial charge >= 0.3 is 0 Å². The van der Waals surface area contributed by atoms with Gasteiger partial charge in [-0.25, -0.2) is 0 Å². The summed E-state index contributed by atoms with van der Waals surface area (Å²) in [5, 5.41) is 26.4. The summed E-state index contributed by atoms with van der Waals surface area (Å²) in [5.74, 6) is -0.0541. The van der Waals surface area contributed by atoms with E-state index in [9.17, 15) is 0 Å². The summed E-state index contributed by atoms with van der Waals surface area (Å²) in [5.41, 5.74) is 0.245. The zero-order valence-corrected chi connectivity index (χ0v) is 5.73. The molecule has 0 amide bonds. The number of benzene rings is 1. The normalized spacial score (nSPS) is 12.0. The lowest BCUT2D eigenvalue weighted by atomic mass is 10.1. The first-order chi connectivity index (χ1) is 5.25. The molecule has 3 heteroatoms. The number of nitriles is 1. The maximum atomic E-state index is 9.10. The molecule has 2 N–H and O–H groups in total. The van der Waals surface area contributed by atoms with Crippen molar-refractivity contribution in [3.63, 3.8) is 0 Å². The molecule has 0 aromatic heterocycles. The van der Waals surface area contributed by atoms with E-state index in [1.807, 2.05) is 0 Å². The fraction of sp³-hybridized carbons (Fsp3) is 0.125. The lowest BCUT2D eigenvalue weighted by molar-refractivity contribution is 0.231. The van der Waals surface area contributed by atoms with Gasteiger partial charge in [0.05, 0.1) is 6.07 Å². The van der Waals surface area contributed by atoms with Crippen molar-refractivity contribution in [1.82, 2.24) is 0 Å². The molecule has 1 aromatic rings. The highest BCUT2D eigenvalue weighted by molar-refractivity contribution is 5.35. The fourth-order valence-electron chi connectivity index (χ4n) is 0.788. The van der Waals surface area contributed by atoms with E-state index < -0.39 is 6.10 Å². The van der Waals surface area contributed by atoms with Gasteiger partial charge in [0.25, 0.3) is 0 Å². The molecule has 0 heterocycles. The van der Waals surface area contributed by atoms with Crippen LogP contribution in [0.2, 0.25) is 0 Å². The molecule has 56 valence electrons. The van der Waals surface area contributed by atoms with Crippen molar-refractivity contribution in [3.8, 4) is 11.8 Å². The van der Waals surface area contributed by atoms with E-state index in [1.54, 1.807) is 18.2 Å². The highest BCUT2D eigenvalue weighted by Crippen LogP contribution is 2.22. The van der Waals surface area contributed by atoms with E-state index >= 15 is 0 Å². The lowest BCUT2D eigenvalue weighted by Gasteiger charge is -2.02. The number of phenols is 1. The first kappa shape index (κ1) is 7.58. The minimum atomic E-state index is -1.24. The average molecular weight is 149 g/mol. The van der Waals surface area contributed by atoms with E-state index in [0.717, 1.165) is 0 Å². The van der Waals surface area contributed by atoms with Crippen LogP contribution >= 0.6 is 0 Å². The molecular formula is C8H7NO2. The molecule has 0 bridgehead atoms. The summed E-state index contributed by atoms with van der Waals surface area (Å²) >= 11 is 0. The first-order valence-electron chi connectivity index (χ1n) is 3.11. The smallest absolute Gasteiger partial charge is 0.169 e. The Bertz CT molecular complexity index is 290. The summed E-state index contributed by atoms with van der Waals surface area (Å²) in [6.07, 6.45) is -1.24. The van der Waals surface area contributed by atoms with Gasteiger partial charge in [-0.3, -0.25) is 0 Å². The summed E-state index contributed by atoms with van der Waals surface area (Å²) in [6.45, 7) is 0. The molecule has 1 aromatic carbocycles. The maximum absolute atomic E-state index is 9.10. The van der Waals surface area contributed by atoms with Gasteiger partial charge in [-0.15, -0.1) is 0 Å². The molecular weight excluding hydrogens is 142 g/mol. The summed E-state index contributed by atoms with van der Waals surface area (Å²) in [4.78, 5) is 0. The van der Waals surface area contributed by atoms with Crippen LogP contribution in [0.15, 0.2) is 24.3 Å². The van der Waals surface area contributed by atoms with Crippen molar-refractivity contribution in [2.24, 2.45) is 0 Å². The van der Waals surface area contributed by atoms with Crippen LogP contribution in [0, 0.1) is 11.3 Å². The van der Waals surface area contributed by atoms with Gasteiger partial charge in [0, 0.05) is 5.56 Å². The van der Waals surface area contributed by atoms with E-state index in [-0.39, 0.29) is 11.3 Å². The molecule has 0 aliphatic carbocycles. The van der Waals surface area contributed by atoms with Crippen LogP contribution in [0.4, 0.5) is 0 Å². The molecule has 0 saturated heterocycles. The van der Waals surface area contributed by atoms with E-state index in [2.05, 4.69) is 0 Å². The van der Waals surface area contributed by atoms with Crippen LogP contribution in [0.5, 0.6) is 5.75 Å². The van der Waals surface area contributed by atoms with Gasteiger partial charge in [-0.05, 0) is 6.07 Å². The summed E-state index contributed by atoms with van der Waals surface area (Å²) < 4.78 is 0. The van der Waals surface area contributed by atoms with E-state index in [1.165, 1.54) is 12.1 Å². The van der Waals surface area contributed by atoms with Crippen LogP contribution in [0.1, 0.15) is 11.7 Å². The van der Waals surface area contributed by atoms with Crippen LogP contribution in [-0.4, -0.2) is 10.2 Å². The standard InChI is InChI=1S/C8H7NO2/c9-5-8(11)6-3-1-2-4-7(6)10/h1-4,8,10-11H/t8-/m0/s1. The van der Waals surface area contributed by atoms with Crippen molar-refractivity contribution >= 4 is 0 Å². The second-order valence-electron chi connectivity index (χ2n) is 2.09. The minimum absolute atomic E-state index is 0.0541. The molecule has 0 aliphatic heterocycles. The number of hydrogen-bond donors (Lipinski definition) is 2. The number of aromatic hydroxyl groups is 1. The second kappa shape index (κ2) is 3.04. The molecule has 0 aliphatic rings. The molecule has 0 unspecified atom stereocenters. The maximum Gasteiger partial charge on any atom is 0.169 e. The number of aliphatic hydroxyl groups excluding tert-OH is 1. The quantitative estimate of drug-likeness (QED) is 0.584. The lowest BCUT2D eigenvalue weighted by Crippen LogP contribution is -1.92. The molecule has 0 spiro atoms. The number of para-hydroxylation sites is 1. The predicted octanol–water partition coefficient (Wildman–Crippen LogP) is 0.949. The van der Waals surface area contributed by atoms with Gasteiger partial charge in [-0.2, -0.15) is 5.26 Å². The van der Waals surface area contributed by atoms with Crippen LogP contribution in [0.25, 0.3) is 0 Å². The Kier molecular flexibility index (Phi) is 2.09. The monoisotopic (exact) mass is 149 g/mol. The van der Waals surface area contributed by atoms with Crippen LogP contribution < -0.4 is 0 Å². The Morgan fingerprint density at radius 3 is 2.55 bits per heavy atom. The Hall–Kier alpha value is -1.53.